The zero-order valence-electron chi connectivity index (χ0n) is 12.5. The van der Waals surface area contributed by atoms with Crippen molar-refractivity contribution in [3.05, 3.63) is 70.8 Å². The van der Waals surface area contributed by atoms with Gasteiger partial charge in [0, 0.05) is 11.5 Å². The third-order valence-corrected chi connectivity index (χ3v) is 6.17. The maximum atomic E-state index is 5.69. The first-order valence-corrected chi connectivity index (χ1v) is 12.1. The Balaban J connectivity index is 1.84. The molecule has 0 heterocycles. The summed E-state index contributed by atoms with van der Waals surface area (Å²) in [5.41, 5.74) is 1.86. The van der Waals surface area contributed by atoms with Crippen LogP contribution in [0.3, 0.4) is 0 Å². The van der Waals surface area contributed by atoms with Gasteiger partial charge in [-0.3, -0.25) is 0 Å². The lowest BCUT2D eigenvalue weighted by Crippen LogP contribution is -1.94. The summed E-state index contributed by atoms with van der Waals surface area (Å²) in [5.74, 6) is 1.45. The van der Waals surface area contributed by atoms with Crippen LogP contribution in [0.1, 0.15) is 22.3 Å². The van der Waals surface area contributed by atoms with Gasteiger partial charge in [-0.25, -0.2) is 0 Å². The average Bonchev–Trinajstić information content (AvgIpc) is 2.59. The molecule has 0 aliphatic rings. The Morgan fingerprint density at radius 2 is 1.00 bits per heavy atom. The van der Waals surface area contributed by atoms with Crippen LogP contribution < -0.4 is 0 Å². The van der Waals surface area contributed by atoms with Crippen molar-refractivity contribution in [3.63, 3.8) is 0 Å². The minimum absolute atomic E-state index is 0.395. The van der Waals surface area contributed by atoms with Crippen LogP contribution in [-0.4, -0.2) is 0 Å². The smallest absolute Gasteiger partial charge is 0.244 e. The van der Waals surface area contributed by atoms with Crippen LogP contribution in [0.15, 0.2) is 48.5 Å². The molecule has 0 atom stereocenters. The third-order valence-electron chi connectivity index (χ3n) is 3.20. The van der Waals surface area contributed by atoms with Crippen molar-refractivity contribution in [1.82, 2.24) is 0 Å². The molecule has 0 aliphatic carbocycles. The van der Waals surface area contributed by atoms with Crippen molar-refractivity contribution >= 4 is 55.0 Å². The van der Waals surface area contributed by atoms with Gasteiger partial charge < -0.3 is 9.05 Å². The Bertz CT molecular complexity index is 603. The van der Waals surface area contributed by atoms with Gasteiger partial charge in [0.25, 0.3) is 0 Å². The van der Waals surface area contributed by atoms with E-state index in [0.29, 0.717) is 13.2 Å². The Kier molecular flexibility index (Phi) is 8.02. The maximum absolute atomic E-state index is 5.69. The first-order valence-electron chi connectivity index (χ1n) is 7.01. The summed E-state index contributed by atoms with van der Waals surface area (Å²) >= 11 is 18.2. The summed E-state index contributed by atoms with van der Waals surface area (Å²) < 4.78 is 11.4. The van der Waals surface area contributed by atoms with E-state index in [-0.39, 0.29) is 0 Å². The lowest BCUT2D eigenvalue weighted by molar-refractivity contribution is 0.246. The Morgan fingerprint density at radius 3 is 1.30 bits per heavy atom. The van der Waals surface area contributed by atoms with Crippen LogP contribution in [0.2, 0.25) is 0 Å². The van der Waals surface area contributed by atoms with Gasteiger partial charge in [0.15, 0.2) is 0 Å². The lowest BCUT2D eigenvalue weighted by atomic mass is 10.2. The molecule has 0 fully saturated rings. The normalized spacial score (nSPS) is 11.6. The second-order valence-electron chi connectivity index (χ2n) is 4.96. The van der Waals surface area contributed by atoms with Gasteiger partial charge in [0.05, 0.1) is 13.2 Å². The van der Waals surface area contributed by atoms with Crippen molar-refractivity contribution in [2.45, 2.75) is 24.7 Å². The molecule has 0 saturated heterocycles. The Morgan fingerprint density at radius 1 is 0.696 bits per heavy atom. The fourth-order valence-corrected chi connectivity index (χ4v) is 3.61. The number of thiol groups is 3. The molecule has 2 nitrogen and oxygen atoms in total. The number of rotatable bonds is 8. The zero-order valence-corrected chi connectivity index (χ0v) is 16.9. The van der Waals surface area contributed by atoms with Gasteiger partial charge in [0.1, 0.15) is 0 Å². The van der Waals surface area contributed by atoms with Crippen LogP contribution >= 0.6 is 43.2 Å². The van der Waals surface area contributed by atoms with Gasteiger partial charge >= 0.3 is 0 Å². The van der Waals surface area contributed by atoms with Crippen molar-refractivity contribution in [2.24, 2.45) is 0 Å². The molecule has 0 saturated carbocycles. The molecule has 23 heavy (non-hydrogen) atoms. The molecule has 2 rings (SSSR count). The summed E-state index contributed by atoms with van der Waals surface area (Å²) in [5, 5.41) is 0. The molecule has 7 heteroatoms. The highest BCUT2D eigenvalue weighted by Gasteiger charge is 2.13. The Hall–Kier alpha value is 0.0600. The fraction of sp³-hybridized carbons (Fsp3) is 0.250. The standard InChI is InChI=1S/C16H19O2PS4/c20-11-15-5-1-13(2-6-15)9-17-19(22,23)18-10-14-3-7-16(12-21)8-4-14/h1-8,20-21H,9-12H2,(H,22,23). The summed E-state index contributed by atoms with van der Waals surface area (Å²) in [7, 11) is 0. The van der Waals surface area contributed by atoms with E-state index in [1.807, 2.05) is 48.5 Å². The molecule has 0 N–H and O–H groups in total. The molecule has 2 aromatic rings. The number of hydrogen-bond donors (Lipinski definition) is 3. The monoisotopic (exact) mass is 402 g/mol. The van der Waals surface area contributed by atoms with Crippen LogP contribution in [0.4, 0.5) is 0 Å². The minimum Gasteiger partial charge on any atom is -0.317 e. The first kappa shape index (κ1) is 19.4. The molecule has 2 aromatic carbocycles. The van der Waals surface area contributed by atoms with E-state index in [1.165, 1.54) is 11.1 Å². The van der Waals surface area contributed by atoms with Crippen LogP contribution in [0, 0.1) is 0 Å². The van der Waals surface area contributed by atoms with Gasteiger partial charge in [-0.15, -0.1) is 0 Å². The van der Waals surface area contributed by atoms with E-state index in [4.69, 9.17) is 20.9 Å². The minimum atomic E-state index is -2.56. The summed E-state index contributed by atoms with van der Waals surface area (Å²) in [6.45, 7) is 0.790. The average molecular weight is 403 g/mol. The van der Waals surface area contributed by atoms with Crippen molar-refractivity contribution in [1.29, 1.82) is 0 Å². The maximum Gasteiger partial charge on any atom is 0.244 e. The SMILES string of the molecule is S=P(S)(OCc1ccc(CS)cc1)OCc1ccc(CS)cc1. The van der Waals surface area contributed by atoms with E-state index in [1.54, 1.807) is 0 Å². The molecule has 0 aliphatic heterocycles. The van der Waals surface area contributed by atoms with E-state index in [9.17, 15) is 0 Å². The summed E-state index contributed by atoms with van der Waals surface area (Å²) in [6.07, 6.45) is 0. The van der Waals surface area contributed by atoms with Gasteiger partial charge in [-0.1, -0.05) is 60.8 Å². The van der Waals surface area contributed by atoms with Crippen molar-refractivity contribution in [2.75, 3.05) is 0 Å². The molecular formula is C16H19O2PS4. The fourth-order valence-electron chi connectivity index (χ4n) is 1.83. The van der Waals surface area contributed by atoms with E-state index in [0.717, 1.165) is 22.6 Å². The van der Waals surface area contributed by atoms with E-state index < -0.39 is 5.69 Å². The second kappa shape index (κ2) is 9.52. The molecule has 0 amide bonds. The highest BCUT2D eigenvalue weighted by atomic mass is 32.9. The molecule has 124 valence electrons. The largest absolute Gasteiger partial charge is 0.317 e. The van der Waals surface area contributed by atoms with Gasteiger partial charge in [-0.2, -0.15) is 25.3 Å². The molecule has 0 radical (unpaired) electrons. The molecule has 0 bridgehead atoms. The molecule has 0 aromatic heterocycles. The second-order valence-corrected chi connectivity index (χ2v) is 10.9. The van der Waals surface area contributed by atoms with E-state index in [2.05, 4.69) is 37.5 Å². The third kappa shape index (κ3) is 6.83. The molecule has 0 unspecified atom stereocenters. The Labute approximate surface area is 159 Å². The molecule has 0 spiro atoms. The summed E-state index contributed by atoms with van der Waals surface area (Å²) in [4.78, 5) is 0. The highest BCUT2D eigenvalue weighted by molar-refractivity contribution is 8.60. The van der Waals surface area contributed by atoms with Crippen LogP contribution in [0.5, 0.6) is 0 Å². The summed E-state index contributed by atoms with van der Waals surface area (Å²) in [6, 6.07) is 16.1. The topological polar surface area (TPSA) is 18.5 Å². The predicted octanol–water partition coefficient (Wildman–Crippen LogP) is 5.43. The van der Waals surface area contributed by atoms with E-state index >= 15 is 0 Å². The zero-order chi connectivity index (χ0) is 16.7. The number of benzene rings is 2. The van der Waals surface area contributed by atoms with Crippen LogP contribution in [-0.2, 0) is 45.6 Å². The van der Waals surface area contributed by atoms with Crippen molar-refractivity contribution in [3.8, 4) is 0 Å². The van der Waals surface area contributed by atoms with Crippen LogP contribution in [0.25, 0.3) is 0 Å². The predicted molar refractivity (Wildman–Crippen MR) is 111 cm³/mol. The molecular weight excluding hydrogens is 383 g/mol. The lowest BCUT2D eigenvalue weighted by Gasteiger charge is -2.17. The first-order chi connectivity index (χ1) is 11.0. The van der Waals surface area contributed by atoms with Gasteiger partial charge in [0.2, 0.25) is 5.69 Å². The van der Waals surface area contributed by atoms with Crippen molar-refractivity contribution < 1.29 is 9.05 Å². The number of hydrogen-bond acceptors (Lipinski definition) is 5. The highest BCUT2D eigenvalue weighted by Crippen LogP contribution is 2.54. The van der Waals surface area contributed by atoms with Gasteiger partial charge in [-0.05, 0) is 34.1 Å². The quantitative estimate of drug-likeness (QED) is 0.404.